The zero-order valence-corrected chi connectivity index (χ0v) is 12.5. The molecule has 5 heteroatoms. The lowest BCUT2D eigenvalue weighted by Gasteiger charge is -2.25. The zero-order chi connectivity index (χ0) is 15.6. The standard InChI is InChI=1S/C16H22F2N2O/c1-16(2,19)8-7-15(21)20(13-5-6-13)10-11-3-4-12(17)9-14(11)18/h3-4,9,13H,5-8,10,19H2,1-2H3. The van der Waals surface area contributed by atoms with Gasteiger partial charge in [-0.15, -0.1) is 0 Å². The van der Waals surface area contributed by atoms with Crippen molar-refractivity contribution in [3.8, 4) is 0 Å². The summed E-state index contributed by atoms with van der Waals surface area (Å²) >= 11 is 0. The molecule has 0 aromatic heterocycles. The molecule has 0 atom stereocenters. The van der Waals surface area contributed by atoms with Gasteiger partial charge in [-0.05, 0) is 39.2 Å². The Morgan fingerprint density at radius 2 is 2.05 bits per heavy atom. The quantitative estimate of drug-likeness (QED) is 0.877. The van der Waals surface area contributed by atoms with Crippen LogP contribution in [0.5, 0.6) is 0 Å². The summed E-state index contributed by atoms with van der Waals surface area (Å²) in [6.07, 6.45) is 2.82. The number of amides is 1. The van der Waals surface area contributed by atoms with Crippen molar-refractivity contribution in [1.29, 1.82) is 0 Å². The van der Waals surface area contributed by atoms with Gasteiger partial charge in [0, 0.05) is 36.2 Å². The number of nitrogens with zero attached hydrogens (tertiary/aromatic N) is 1. The highest BCUT2D eigenvalue weighted by Gasteiger charge is 2.33. The number of hydrogen-bond donors (Lipinski definition) is 1. The summed E-state index contributed by atoms with van der Waals surface area (Å²) in [5.74, 6) is -1.22. The van der Waals surface area contributed by atoms with E-state index in [-0.39, 0.29) is 18.5 Å². The first kappa shape index (κ1) is 15.9. The lowest BCUT2D eigenvalue weighted by molar-refractivity contribution is -0.132. The highest BCUT2D eigenvalue weighted by molar-refractivity contribution is 5.77. The van der Waals surface area contributed by atoms with Gasteiger partial charge in [0.25, 0.3) is 0 Å². The van der Waals surface area contributed by atoms with Gasteiger partial charge in [-0.2, -0.15) is 0 Å². The molecular weight excluding hydrogens is 274 g/mol. The Morgan fingerprint density at radius 3 is 2.57 bits per heavy atom. The van der Waals surface area contributed by atoms with Gasteiger partial charge in [0.05, 0.1) is 0 Å². The van der Waals surface area contributed by atoms with Gasteiger partial charge in [-0.25, -0.2) is 8.78 Å². The van der Waals surface area contributed by atoms with Gasteiger partial charge in [-0.3, -0.25) is 4.79 Å². The fraction of sp³-hybridized carbons (Fsp3) is 0.562. The molecular formula is C16H22F2N2O. The van der Waals surface area contributed by atoms with E-state index in [4.69, 9.17) is 5.73 Å². The van der Waals surface area contributed by atoms with E-state index in [9.17, 15) is 13.6 Å². The van der Waals surface area contributed by atoms with Crippen molar-refractivity contribution in [3.63, 3.8) is 0 Å². The molecule has 1 aromatic carbocycles. The summed E-state index contributed by atoms with van der Waals surface area (Å²) in [7, 11) is 0. The number of carbonyl (C=O) groups is 1. The molecule has 21 heavy (non-hydrogen) atoms. The number of benzene rings is 1. The normalized spacial score (nSPS) is 15.1. The Labute approximate surface area is 124 Å². The Balaban J connectivity index is 2.04. The maximum atomic E-state index is 13.7. The van der Waals surface area contributed by atoms with E-state index < -0.39 is 17.2 Å². The monoisotopic (exact) mass is 296 g/mol. The number of hydrogen-bond acceptors (Lipinski definition) is 2. The van der Waals surface area contributed by atoms with Crippen LogP contribution in [0.15, 0.2) is 18.2 Å². The molecule has 3 nitrogen and oxygen atoms in total. The van der Waals surface area contributed by atoms with Crippen LogP contribution in [0, 0.1) is 11.6 Å². The van der Waals surface area contributed by atoms with Gasteiger partial charge in [0.1, 0.15) is 11.6 Å². The summed E-state index contributed by atoms with van der Waals surface area (Å²) in [6, 6.07) is 3.66. The van der Waals surface area contributed by atoms with E-state index in [1.807, 2.05) is 13.8 Å². The summed E-state index contributed by atoms with van der Waals surface area (Å²) in [5.41, 5.74) is 5.85. The minimum absolute atomic E-state index is 0.0141. The van der Waals surface area contributed by atoms with E-state index in [2.05, 4.69) is 0 Å². The van der Waals surface area contributed by atoms with Crippen molar-refractivity contribution in [2.75, 3.05) is 0 Å². The molecule has 0 aliphatic heterocycles. The number of carbonyl (C=O) groups excluding carboxylic acids is 1. The second kappa shape index (κ2) is 6.10. The summed E-state index contributed by atoms with van der Waals surface area (Å²) in [5, 5.41) is 0. The third kappa shape index (κ3) is 4.77. The molecule has 1 saturated carbocycles. The van der Waals surface area contributed by atoms with E-state index in [1.54, 1.807) is 4.90 Å². The van der Waals surface area contributed by atoms with Gasteiger partial charge in [0.15, 0.2) is 0 Å². The van der Waals surface area contributed by atoms with Crippen molar-refractivity contribution in [2.45, 2.75) is 57.7 Å². The molecule has 1 aliphatic rings. The first-order chi connectivity index (χ1) is 9.76. The molecule has 0 heterocycles. The Hall–Kier alpha value is -1.49. The predicted molar refractivity (Wildman–Crippen MR) is 77.4 cm³/mol. The maximum absolute atomic E-state index is 13.7. The molecule has 116 valence electrons. The lowest BCUT2D eigenvalue weighted by Crippen LogP contribution is -2.37. The first-order valence-corrected chi connectivity index (χ1v) is 7.28. The van der Waals surface area contributed by atoms with E-state index in [0.717, 1.165) is 18.9 Å². The van der Waals surface area contributed by atoms with Crippen LogP contribution < -0.4 is 5.73 Å². The van der Waals surface area contributed by atoms with Crippen molar-refractivity contribution in [1.82, 2.24) is 4.90 Å². The van der Waals surface area contributed by atoms with Gasteiger partial charge in [0.2, 0.25) is 5.91 Å². The summed E-state index contributed by atoms with van der Waals surface area (Å²) in [6.45, 7) is 3.95. The van der Waals surface area contributed by atoms with Crippen molar-refractivity contribution in [2.24, 2.45) is 5.73 Å². The number of nitrogens with two attached hydrogens (primary N) is 1. The number of halogens is 2. The van der Waals surface area contributed by atoms with Crippen LogP contribution in [0.1, 0.15) is 45.1 Å². The van der Waals surface area contributed by atoms with Crippen LogP contribution in [-0.4, -0.2) is 22.4 Å². The molecule has 0 saturated heterocycles. The molecule has 1 amide bonds. The third-order valence-electron chi connectivity index (χ3n) is 3.65. The minimum atomic E-state index is -0.606. The Kier molecular flexibility index (Phi) is 4.61. The maximum Gasteiger partial charge on any atom is 0.223 e. The fourth-order valence-electron chi connectivity index (χ4n) is 2.21. The minimum Gasteiger partial charge on any atom is -0.335 e. The first-order valence-electron chi connectivity index (χ1n) is 7.28. The number of rotatable bonds is 6. The summed E-state index contributed by atoms with van der Waals surface area (Å²) < 4.78 is 26.7. The second-order valence-corrected chi connectivity index (χ2v) is 6.48. The molecule has 1 aromatic rings. The van der Waals surface area contributed by atoms with Gasteiger partial charge >= 0.3 is 0 Å². The molecule has 0 radical (unpaired) electrons. The van der Waals surface area contributed by atoms with Crippen LogP contribution >= 0.6 is 0 Å². The highest BCUT2D eigenvalue weighted by atomic mass is 19.1. The average Bonchev–Trinajstić information content (AvgIpc) is 3.18. The third-order valence-corrected chi connectivity index (χ3v) is 3.65. The predicted octanol–water partition coefficient (Wildman–Crippen LogP) is 2.97. The van der Waals surface area contributed by atoms with Crippen molar-refractivity contribution in [3.05, 3.63) is 35.4 Å². The van der Waals surface area contributed by atoms with E-state index in [0.29, 0.717) is 18.4 Å². The largest absolute Gasteiger partial charge is 0.335 e. The zero-order valence-electron chi connectivity index (χ0n) is 12.5. The van der Waals surface area contributed by atoms with Crippen LogP contribution in [0.4, 0.5) is 8.78 Å². The van der Waals surface area contributed by atoms with Crippen molar-refractivity contribution < 1.29 is 13.6 Å². The second-order valence-electron chi connectivity index (χ2n) is 6.48. The topological polar surface area (TPSA) is 46.3 Å². The van der Waals surface area contributed by atoms with Crippen LogP contribution in [0.2, 0.25) is 0 Å². The van der Waals surface area contributed by atoms with Crippen LogP contribution in [-0.2, 0) is 11.3 Å². The van der Waals surface area contributed by atoms with E-state index >= 15 is 0 Å². The molecule has 2 rings (SSSR count). The van der Waals surface area contributed by atoms with Crippen LogP contribution in [0.3, 0.4) is 0 Å². The smallest absolute Gasteiger partial charge is 0.223 e. The van der Waals surface area contributed by atoms with Crippen molar-refractivity contribution >= 4 is 5.91 Å². The Morgan fingerprint density at radius 1 is 1.38 bits per heavy atom. The average molecular weight is 296 g/mol. The molecule has 0 spiro atoms. The van der Waals surface area contributed by atoms with Crippen LogP contribution in [0.25, 0.3) is 0 Å². The highest BCUT2D eigenvalue weighted by Crippen LogP contribution is 2.30. The fourth-order valence-corrected chi connectivity index (χ4v) is 2.21. The Bertz CT molecular complexity index is 521. The SMILES string of the molecule is CC(C)(N)CCC(=O)N(Cc1ccc(F)cc1F)C1CC1. The summed E-state index contributed by atoms with van der Waals surface area (Å²) in [4.78, 5) is 14.0. The molecule has 1 aliphatic carbocycles. The lowest BCUT2D eigenvalue weighted by atomic mass is 9.99. The van der Waals surface area contributed by atoms with Gasteiger partial charge < -0.3 is 10.6 Å². The molecule has 0 unspecified atom stereocenters. The molecule has 0 bridgehead atoms. The molecule has 2 N–H and O–H groups in total. The van der Waals surface area contributed by atoms with Gasteiger partial charge in [-0.1, -0.05) is 6.07 Å². The van der Waals surface area contributed by atoms with E-state index in [1.165, 1.54) is 12.1 Å². The molecule has 1 fully saturated rings.